The van der Waals surface area contributed by atoms with Crippen molar-refractivity contribution < 1.29 is 0 Å². The minimum absolute atomic E-state index is 0.567. The van der Waals surface area contributed by atoms with E-state index in [-0.39, 0.29) is 0 Å². The lowest BCUT2D eigenvalue weighted by Gasteiger charge is -2.25. The van der Waals surface area contributed by atoms with Gasteiger partial charge in [-0.25, -0.2) is 4.98 Å². The molecule has 0 bridgehead atoms. The Morgan fingerprint density at radius 1 is 1.26 bits per heavy atom. The molecule has 1 N–H and O–H groups in total. The molecular formula is C11H12N6S2. The number of fused-ring (bicyclic) bond motifs is 3. The molecule has 3 aromatic heterocycles. The van der Waals surface area contributed by atoms with Gasteiger partial charge in [0.1, 0.15) is 11.0 Å². The molecule has 0 unspecified atom stereocenters. The molecular weight excluding hydrogens is 280 g/mol. The summed E-state index contributed by atoms with van der Waals surface area (Å²) in [5.74, 6) is 0. The summed E-state index contributed by atoms with van der Waals surface area (Å²) < 4.78 is 3.35. The van der Waals surface area contributed by atoms with Crippen LogP contribution in [0.3, 0.4) is 0 Å². The fourth-order valence-corrected chi connectivity index (χ4v) is 3.67. The van der Waals surface area contributed by atoms with Crippen molar-refractivity contribution >= 4 is 44.7 Å². The molecule has 19 heavy (non-hydrogen) atoms. The maximum absolute atomic E-state index is 5.16. The number of rotatable bonds is 1. The van der Waals surface area contributed by atoms with Crippen LogP contribution in [0.25, 0.3) is 16.0 Å². The Kier molecular flexibility index (Phi) is 2.52. The van der Waals surface area contributed by atoms with E-state index in [1.54, 1.807) is 22.1 Å². The monoisotopic (exact) mass is 292 g/mol. The lowest BCUT2D eigenvalue weighted by atomic mass is 10.1. The largest absolute Gasteiger partial charge is 0.348 e. The topological polar surface area (TPSA) is 62.1 Å². The van der Waals surface area contributed by atoms with Crippen LogP contribution in [0.2, 0.25) is 0 Å². The number of H-pyrrole nitrogens is 1. The summed E-state index contributed by atoms with van der Waals surface area (Å²) in [7, 11) is 0. The molecule has 98 valence electrons. The van der Waals surface area contributed by atoms with Crippen molar-refractivity contribution in [1.82, 2.24) is 24.6 Å². The molecule has 0 spiro atoms. The molecule has 4 rings (SSSR count). The maximum atomic E-state index is 5.16. The predicted molar refractivity (Wildman–Crippen MR) is 77.4 cm³/mol. The SMILES string of the molecule is S=c1[nH]nc2c3sc(N4CCCCC4)nc3ncn12. The van der Waals surface area contributed by atoms with Crippen LogP contribution in [0.5, 0.6) is 0 Å². The summed E-state index contributed by atoms with van der Waals surface area (Å²) in [5.41, 5.74) is 1.57. The van der Waals surface area contributed by atoms with E-state index in [9.17, 15) is 0 Å². The second kappa shape index (κ2) is 4.24. The quantitative estimate of drug-likeness (QED) is 0.698. The summed E-state index contributed by atoms with van der Waals surface area (Å²) in [6, 6.07) is 0. The minimum atomic E-state index is 0.567. The van der Waals surface area contributed by atoms with Gasteiger partial charge in [-0.3, -0.25) is 9.50 Å². The minimum Gasteiger partial charge on any atom is -0.348 e. The molecule has 0 atom stereocenters. The number of hydrogen-bond acceptors (Lipinski definition) is 6. The van der Waals surface area contributed by atoms with Gasteiger partial charge in [0.05, 0.1) is 0 Å². The van der Waals surface area contributed by atoms with Gasteiger partial charge < -0.3 is 4.90 Å². The highest BCUT2D eigenvalue weighted by Crippen LogP contribution is 2.31. The molecule has 0 aromatic carbocycles. The number of hydrogen-bond donors (Lipinski definition) is 1. The Morgan fingerprint density at radius 3 is 2.95 bits per heavy atom. The predicted octanol–water partition coefficient (Wildman–Crippen LogP) is 2.39. The number of aromatic amines is 1. The Hall–Kier alpha value is -1.54. The number of nitrogens with one attached hydrogen (secondary N) is 1. The van der Waals surface area contributed by atoms with Gasteiger partial charge in [-0.1, -0.05) is 11.3 Å². The van der Waals surface area contributed by atoms with E-state index in [0.29, 0.717) is 4.77 Å². The summed E-state index contributed by atoms with van der Waals surface area (Å²) in [6.45, 7) is 2.17. The second-order valence-corrected chi connectivity index (χ2v) is 6.03. The van der Waals surface area contributed by atoms with Gasteiger partial charge in [0.15, 0.2) is 16.4 Å². The fourth-order valence-electron chi connectivity index (χ4n) is 2.44. The molecule has 1 aliphatic rings. The van der Waals surface area contributed by atoms with Crippen molar-refractivity contribution in [3.8, 4) is 0 Å². The molecule has 0 saturated carbocycles. The second-order valence-electron chi connectivity index (χ2n) is 4.66. The van der Waals surface area contributed by atoms with E-state index in [4.69, 9.17) is 12.2 Å². The van der Waals surface area contributed by atoms with Crippen LogP contribution in [-0.2, 0) is 0 Å². The van der Waals surface area contributed by atoms with E-state index >= 15 is 0 Å². The summed E-state index contributed by atoms with van der Waals surface area (Å²) in [6.07, 6.45) is 5.49. The van der Waals surface area contributed by atoms with Gasteiger partial charge >= 0.3 is 0 Å². The first-order valence-electron chi connectivity index (χ1n) is 6.30. The summed E-state index contributed by atoms with van der Waals surface area (Å²) in [5, 5.41) is 8.11. The fraction of sp³-hybridized carbons (Fsp3) is 0.455. The standard InChI is InChI=1S/C11H12N6S2/c18-10-15-14-9-7-8(12-6-17(9)10)13-11(19-7)16-4-2-1-3-5-16/h6H,1-5H2,(H,15,18). The molecule has 1 aliphatic heterocycles. The first-order chi connectivity index (χ1) is 9.33. The van der Waals surface area contributed by atoms with Crippen LogP contribution in [0.1, 0.15) is 19.3 Å². The lowest BCUT2D eigenvalue weighted by Crippen LogP contribution is -2.29. The van der Waals surface area contributed by atoms with Gasteiger partial charge in [0.2, 0.25) is 4.77 Å². The average Bonchev–Trinajstić information content (AvgIpc) is 3.03. The van der Waals surface area contributed by atoms with Crippen molar-refractivity contribution in [1.29, 1.82) is 0 Å². The highest BCUT2D eigenvalue weighted by molar-refractivity contribution is 7.71. The van der Waals surface area contributed by atoms with Crippen molar-refractivity contribution in [3.05, 3.63) is 11.1 Å². The number of nitrogens with zero attached hydrogens (tertiary/aromatic N) is 5. The van der Waals surface area contributed by atoms with Gasteiger partial charge in [0, 0.05) is 13.1 Å². The summed E-state index contributed by atoms with van der Waals surface area (Å²) in [4.78, 5) is 11.3. The van der Waals surface area contributed by atoms with E-state index < -0.39 is 0 Å². The van der Waals surface area contributed by atoms with E-state index in [2.05, 4.69) is 25.1 Å². The first kappa shape index (κ1) is 11.3. The Balaban J connectivity index is 1.90. The van der Waals surface area contributed by atoms with Crippen LogP contribution in [0.15, 0.2) is 6.33 Å². The number of thiazole rings is 1. The zero-order valence-electron chi connectivity index (χ0n) is 10.2. The molecule has 0 aliphatic carbocycles. The zero-order chi connectivity index (χ0) is 12.8. The van der Waals surface area contributed by atoms with Crippen molar-refractivity contribution in [3.63, 3.8) is 0 Å². The van der Waals surface area contributed by atoms with Crippen LogP contribution in [0.4, 0.5) is 5.13 Å². The highest BCUT2D eigenvalue weighted by Gasteiger charge is 2.17. The molecule has 0 radical (unpaired) electrons. The number of anilines is 1. The van der Waals surface area contributed by atoms with Crippen molar-refractivity contribution in [2.24, 2.45) is 0 Å². The smallest absolute Gasteiger partial charge is 0.200 e. The molecule has 6 nitrogen and oxygen atoms in total. The molecule has 8 heteroatoms. The third-order valence-electron chi connectivity index (χ3n) is 3.43. The van der Waals surface area contributed by atoms with Gasteiger partial charge in [0.25, 0.3) is 0 Å². The molecule has 0 amide bonds. The normalized spacial score (nSPS) is 16.5. The Bertz CT molecular complexity index is 794. The Labute approximate surface area is 118 Å². The zero-order valence-corrected chi connectivity index (χ0v) is 11.8. The van der Waals surface area contributed by atoms with Crippen LogP contribution >= 0.6 is 23.6 Å². The van der Waals surface area contributed by atoms with Crippen molar-refractivity contribution in [2.75, 3.05) is 18.0 Å². The Morgan fingerprint density at radius 2 is 2.11 bits per heavy atom. The third-order valence-corrected chi connectivity index (χ3v) is 4.82. The first-order valence-corrected chi connectivity index (χ1v) is 7.52. The molecule has 4 heterocycles. The summed E-state index contributed by atoms with van der Waals surface area (Å²) >= 11 is 6.81. The van der Waals surface area contributed by atoms with Crippen LogP contribution in [-0.4, -0.2) is 37.7 Å². The van der Waals surface area contributed by atoms with Crippen molar-refractivity contribution in [2.45, 2.75) is 19.3 Å². The third kappa shape index (κ3) is 1.74. The number of piperidine rings is 1. The lowest BCUT2D eigenvalue weighted by molar-refractivity contribution is 0.577. The van der Waals surface area contributed by atoms with E-state index in [1.807, 2.05) is 0 Å². The van der Waals surface area contributed by atoms with Crippen LogP contribution in [0, 0.1) is 4.77 Å². The van der Waals surface area contributed by atoms with E-state index in [1.165, 1.54) is 19.3 Å². The van der Waals surface area contributed by atoms with Crippen LogP contribution < -0.4 is 4.90 Å². The molecule has 1 saturated heterocycles. The highest BCUT2D eigenvalue weighted by atomic mass is 32.1. The van der Waals surface area contributed by atoms with Gasteiger partial charge in [-0.2, -0.15) is 10.1 Å². The molecule has 1 fully saturated rings. The average molecular weight is 292 g/mol. The number of aromatic nitrogens is 5. The van der Waals surface area contributed by atoms with E-state index in [0.717, 1.165) is 34.2 Å². The van der Waals surface area contributed by atoms with Gasteiger partial charge in [-0.05, 0) is 31.5 Å². The van der Waals surface area contributed by atoms with Gasteiger partial charge in [-0.15, -0.1) is 0 Å². The maximum Gasteiger partial charge on any atom is 0.200 e. The molecule has 3 aromatic rings.